The smallest absolute Gasteiger partial charge is 0.0521 e. The lowest BCUT2D eigenvalue weighted by molar-refractivity contribution is 0.483. The van der Waals surface area contributed by atoms with Gasteiger partial charge in [-0.25, -0.2) is 0 Å². The summed E-state index contributed by atoms with van der Waals surface area (Å²) in [6, 6.07) is 0. The van der Waals surface area contributed by atoms with Crippen LogP contribution >= 0.6 is 0 Å². The summed E-state index contributed by atoms with van der Waals surface area (Å²) in [7, 11) is 0. The summed E-state index contributed by atoms with van der Waals surface area (Å²) in [5.74, 6) is 0.597. The predicted molar refractivity (Wildman–Crippen MR) is 54.8 cm³/mol. The zero-order valence-corrected chi connectivity index (χ0v) is 8.59. The van der Waals surface area contributed by atoms with E-state index in [1.54, 1.807) is 0 Å². The minimum atomic E-state index is 0.504. The summed E-state index contributed by atoms with van der Waals surface area (Å²) in [4.78, 5) is 2.70. The molecule has 0 atom stereocenters. The Morgan fingerprint density at radius 2 is 2.43 bits per heavy atom. The van der Waals surface area contributed by atoms with E-state index in [2.05, 4.69) is 29.0 Å². The average molecular weight is 193 g/mol. The van der Waals surface area contributed by atoms with Crippen LogP contribution in [-0.4, -0.2) is 16.3 Å². The molecule has 0 fully saturated rings. The molecule has 0 saturated heterocycles. The van der Waals surface area contributed by atoms with Crippen LogP contribution in [0, 0.1) is 5.92 Å². The van der Waals surface area contributed by atoms with E-state index in [-0.39, 0.29) is 0 Å². The van der Waals surface area contributed by atoms with Crippen molar-refractivity contribution in [2.75, 3.05) is 6.54 Å². The number of rotatable bonds is 5. The van der Waals surface area contributed by atoms with Gasteiger partial charge in [0.25, 0.3) is 0 Å². The maximum absolute atomic E-state index is 8.11. The molecule has 0 N–H and O–H groups in total. The van der Waals surface area contributed by atoms with Crippen molar-refractivity contribution in [2.45, 2.75) is 26.8 Å². The van der Waals surface area contributed by atoms with Gasteiger partial charge in [0, 0.05) is 24.2 Å². The lowest BCUT2D eigenvalue weighted by Crippen LogP contribution is -2.04. The molecule has 0 bridgehead atoms. The van der Waals surface area contributed by atoms with Crippen molar-refractivity contribution in [3.8, 4) is 0 Å². The third-order valence-corrected chi connectivity index (χ3v) is 1.80. The summed E-state index contributed by atoms with van der Waals surface area (Å²) in [6.07, 6.45) is 4.60. The number of azide groups is 1. The highest BCUT2D eigenvalue weighted by Crippen LogP contribution is 2.02. The maximum Gasteiger partial charge on any atom is 0.0521 e. The Morgan fingerprint density at radius 1 is 1.64 bits per heavy atom. The van der Waals surface area contributed by atoms with Crippen LogP contribution in [0.3, 0.4) is 0 Å². The van der Waals surface area contributed by atoms with Crippen LogP contribution in [0.25, 0.3) is 10.4 Å². The van der Waals surface area contributed by atoms with Gasteiger partial charge in [-0.05, 0) is 23.4 Å². The van der Waals surface area contributed by atoms with Gasteiger partial charge < -0.3 is 0 Å². The zero-order chi connectivity index (χ0) is 10.4. The van der Waals surface area contributed by atoms with Crippen molar-refractivity contribution in [3.63, 3.8) is 0 Å². The van der Waals surface area contributed by atoms with Crippen molar-refractivity contribution in [2.24, 2.45) is 11.0 Å². The largest absolute Gasteiger partial charge is 0.272 e. The molecule has 0 aliphatic heterocycles. The van der Waals surface area contributed by atoms with Crippen LogP contribution < -0.4 is 0 Å². The fourth-order valence-corrected chi connectivity index (χ4v) is 1.23. The molecule has 0 aliphatic rings. The van der Waals surface area contributed by atoms with Gasteiger partial charge in [-0.15, -0.1) is 0 Å². The molecule has 1 aromatic heterocycles. The van der Waals surface area contributed by atoms with Gasteiger partial charge in [0.2, 0.25) is 0 Å². The fraction of sp³-hybridized carbons (Fsp3) is 0.667. The highest BCUT2D eigenvalue weighted by molar-refractivity contribution is 5.04. The number of hydrogen-bond acceptors (Lipinski definition) is 2. The van der Waals surface area contributed by atoms with E-state index in [0.717, 1.165) is 18.5 Å². The van der Waals surface area contributed by atoms with Gasteiger partial charge in [-0.2, -0.15) is 5.10 Å². The minimum Gasteiger partial charge on any atom is -0.272 e. The summed E-state index contributed by atoms with van der Waals surface area (Å²) >= 11 is 0. The number of aromatic nitrogens is 2. The monoisotopic (exact) mass is 193 g/mol. The molecule has 5 heteroatoms. The topological polar surface area (TPSA) is 66.6 Å². The fourth-order valence-electron chi connectivity index (χ4n) is 1.23. The van der Waals surface area contributed by atoms with Crippen LogP contribution in [0.5, 0.6) is 0 Å². The molecule has 0 aliphatic carbocycles. The Bertz CT molecular complexity index is 322. The first-order chi connectivity index (χ1) is 6.72. The molecular weight excluding hydrogens is 178 g/mol. The standard InChI is InChI=1S/C9H15N5/c1-8(2)6-14-7-9(5-12-14)3-4-11-13-10/h5,7-8H,3-4,6H2,1-2H3. The first-order valence-electron chi connectivity index (χ1n) is 4.74. The van der Waals surface area contributed by atoms with Gasteiger partial charge in [-0.1, -0.05) is 19.0 Å². The maximum atomic E-state index is 8.11. The molecule has 1 heterocycles. The number of nitrogens with zero attached hydrogens (tertiary/aromatic N) is 5. The van der Waals surface area contributed by atoms with E-state index < -0.39 is 0 Å². The molecule has 1 rings (SSSR count). The van der Waals surface area contributed by atoms with Crippen molar-refractivity contribution < 1.29 is 0 Å². The summed E-state index contributed by atoms with van der Waals surface area (Å²) < 4.78 is 1.93. The summed E-state index contributed by atoms with van der Waals surface area (Å²) in [6.45, 7) is 5.74. The Labute approximate surface area is 83.4 Å². The van der Waals surface area contributed by atoms with Gasteiger partial charge in [0.15, 0.2) is 0 Å². The van der Waals surface area contributed by atoms with Crippen molar-refractivity contribution in [3.05, 3.63) is 28.4 Å². The molecule has 0 unspecified atom stereocenters. The molecule has 0 saturated carbocycles. The van der Waals surface area contributed by atoms with Gasteiger partial charge in [0.05, 0.1) is 6.20 Å². The van der Waals surface area contributed by atoms with Gasteiger partial charge >= 0.3 is 0 Å². The van der Waals surface area contributed by atoms with Gasteiger partial charge in [0.1, 0.15) is 0 Å². The number of hydrogen-bond donors (Lipinski definition) is 0. The Kier molecular flexibility index (Phi) is 4.01. The molecule has 0 radical (unpaired) electrons. The zero-order valence-electron chi connectivity index (χ0n) is 8.59. The van der Waals surface area contributed by atoms with E-state index >= 15 is 0 Å². The summed E-state index contributed by atoms with van der Waals surface area (Å²) in [5, 5.41) is 7.70. The predicted octanol–water partition coefficient (Wildman–Crippen LogP) is 2.39. The second kappa shape index (κ2) is 5.29. The highest BCUT2D eigenvalue weighted by Gasteiger charge is 1.99. The second-order valence-corrected chi connectivity index (χ2v) is 3.67. The Balaban J connectivity index is 2.46. The van der Waals surface area contributed by atoms with E-state index in [0.29, 0.717) is 12.5 Å². The first kappa shape index (κ1) is 10.6. The van der Waals surface area contributed by atoms with E-state index in [9.17, 15) is 0 Å². The van der Waals surface area contributed by atoms with Crippen LogP contribution in [0.1, 0.15) is 19.4 Å². The van der Waals surface area contributed by atoms with E-state index in [1.807, 2.05) is 17.1 Å². The van der Waals surface area contributed by atoms with Crippen LogP contribution in [0.4, 0.5) is 0 Å². The molecule has 5 nitrogen and oxygen atoms in total. The van der Waals surface area contributed by atoms with Crippen molar-refractivity contribution in [1.82, 2.24) is 9.78 Å². The Morgan fingerprint density at radius 3 is 3.07 bits per heavy atom. The van der Waals surface area contributed by atoms with Crippen LogP contribution in [0.2, 0.25) is 0 Å². The molecule has 0 aromatic carbocycles. The minimum absolute atomic E-state index is 0.504. The quantitative estimate of drug-likeness (QED) is 0.402. The molecule has 14 heavy (non-hydrogen) atoms. The SMILES string of the molecule is CC(C)Cn1cc(CCN=[N+]=[N-])cn1. The molecule has 1 aromatic rings. The van der Waals surface area contributed by atoms with Crippen LogP contribution in [-0.2, 0) is 13.0 Å². The van der Waals surface area contributed by atoms with Crippen molar-refractivity contribution >= 4 is 0 Å². The van der Waals surface area contributed by atoms with E-state index in [4.69, 9.17) is 5.53 Å². The third kappa shape index (κ3) is 3.49. The first-order valence-corrected chi connectivity index (χ1v) is 4.74. The third-order valence-electron chi connectivity index (χ3n) is 1.80. The summed E-state index contributed by atoms with van der Waals surface area (Å²) in [5.41, 5.74) is 9.23. The lowest BCUT2D eigenvalue weighted by Gasteiger charge is -2.03. The average Bonchev–Trinajstić information content (AvgIpc) is 2.52. The lowest BCUT2D eigenvalue weighted by atomic mass is 10.2. The van der Waals surface area contributed by atoms with Crippen molar-refractivity contribution in [1.29, 1.82) is 0 Å². The Hall–Kier alpha value is -1.48. The molecule has 76 valence electrons. The molecule has 0 amide bonds. The van der Waals surface area contributed by atoms with Gasteiger partial charge in [-0.3, -0.25) is 4.68 Å². The normalized spacial score (nSPS) is 10.2. The molecule has 0 spiro atoms. The van der Waals surface area contributed by atoms with E-state index in [1.165, 1.54) is 0 Å². The highest BCUT2D eigenvalue weighted by atomic mass is 15.3. The molecular formula is C9H15N5. The van der Waals surface area contributed by atoms with Crippen LogP contribution in [0.15, 0.2) is 17.5 Å². The second-order valence-electron chi connectivity index (χ2n) is 3.67.